The number of carbonyl (C=O) groups is 1. The zero-order valence-electron chi connectivity index (χ0n) is 14.6. The molecule has 0 aliphatic heterocycles. The Morgan fingerprint density at radius 3 is 2.74 bits per heavy atom. The molecule has 23 heavy (non-hydrogen) atoms. The van der Waals surface area contributed by atoms with E-state index in [1.54, 1.807) is 6.20 Å². The lowest BCUT2D eigenvalue weighted by molar-refractivity contribution is -0.0394. The average molecular weight is 319 g/mol. The Kier molecular flexibility index (Phi) is 4.25. The SMILES string of the molecule is CCCn1ncc(C(=O)NCC2(O)CCCC2(C)C)c1C1CC1. The first-order valence-corrected chi connectivity index (χ1v) is 8.94. The molecule has 1 aromatic rings. The van der Waals surface area contributed by atoms with Gasteiger partial charge >= 0.3 is 0 Å². The molecule has 1 unspecified atom stereocenters. The summed E-state index contributed by atoms with van der Waals surface area (Å²) in [4.78, 5) is 12.6. The maximum atomic E-state index is 12.6. The minimum atomic E-state index is -0.804. The summed E-state index contributed by atoms with van der Waals surface area (Å²) in [5.41, 5.74) is 0.829. The fourth-order valence-corrected chi connectivity index (χ4v) is 3.79. The van der Waals surface area contributed by atoms with Gasteiger partial charge in [0, 0.05) is 19.0 Å². The number of hydrogen-bond acceptors (Lipinski definition) is 3. The third kappa shape index (κ3) is 3.03. The second kappa shape index (κ2) is 5.93. The van der Waals surface area contributed by atoms with E-state index in [9.17, 15) is 9.90 Å². The predicted molar refractivity (Wildman–Crippen MR) is 89.4 cm³/mol. The maximum absolute atomic E-state index is 12.6. The van der Waals surface area contributed by atoms with E-state index >= 15 is 0 Å². The summed E-state index contributed by atoms with van der Waals surface area (Å²) < 4.78 is 1.99. The van der Waals surface area contributed by atoms with Gasteiger partial charge < -0.3 is 10.4 Å². The van der Waals surface area contributed by atoms with Gasteiger partial charge in [0.1, 0.15) is 0 Å². The van der Waals surface area contributed by atoms with Gasteiger partial charge in [0.05, 0.1) is 23.1 Å². The van der Waals surface area contributed by atoms with Crippen molar-refractivity contribution in [3.05, 3.63) is 17.5 Å². The molecule has 3 rings (SSSR count). The Labute approximate surface area is 138 Å². The van der Waals surface area contributed by atoms with Crippen molar-refractivity contribution in [2.24, 2.45) is 5.41 Å². The fraction of sp³-hybridized carbons (Fsp3) is 0.778. The third-order valence-corrected chi connectivity index (χ3v) is 5.72. The monoisotopic (exact) mass is 319 g/mol. The van der Waals surface area contributed by atoms with E-state index in [0.717, 1.165) is 50.8 Å². The van der Waals surface area contributed by atoms with Crippen molar-refractivity contribution >= 4 is 5.91 Å². The smallest absolute Gasteiger partial charge is 0.254 e. The molecule has 1 amide bonds. The van der Waals surface area contributed by atoms with Crippen molar-refractivity contribution in [1.29, 1.82) is 0 Å². The molecule has 0 saturated heterocycles. The lowest BCUT2D eigenvalue weighted by Crippen LogP contribution is -2.49. The highest BCUT2D eigenvalue weighted by atomic mass is 16.3. The van der Waals surface area contributed by atoms with Crippen LogP contribution in [0, 0.1) is 5.41 Å². The van der Waals surface area contributed by atoms with Crippen LogP contribution < -0.4 is 5.32 Å². The van der Waals surface area contributed by atoms with Crippen LogP contribution >= 0.6 is 0 Å². The second-order valence-electron chi connectivity index (χ2n) is 7.89. The molecule has 128 valence electrons. The summed E-state index contributed by atoms with van der Waals surface area (Å²) in [7, 11) is 0. The van der Waals surface area contributed by atoms with Crippen LogP contribution in [0.1, 0.15) is 81.3 Å². The van der Waals surface area contributed by atoms with Gasteiger partial charge in [-0.2, -0.15) is 5.10 Å². The van der Waals surface area contributed by atoms with Gasteiger partial charge in [-0.05, 0) is 43.9 Å². The first-order valence-electron chi connectivity index (χ1n) is 8.94. The first-order chi connectivity index (χ1) is 10.9. The van der Waals surface area contributed by atoms with Crippen LogP contribution in [0.15, 0.2) is 6.20 Å². The minimum absolute atomic E-state index is 0.0922. The van der Waals surface area contributed by atoms with Crippen LogP contribution in [0.3, 0.4) is 0 Å². The Morgan fingerprint density at radius 2 is 2.17 bits per heavy atom. The van der Waals surface area contributed by atoms with Crippen LogP contribution in [0.4, 0.5) is 0 Å². The van der Waals surface area contributed by atoms with Crippen molar-refractivity contribution in [2.75, 3.05) is 6.54 Å². The van der Waals surface area contributed by atoms with E-state index in [0.29, 0.717) is 18.0 Å². The van der Waals surface area contributed by atoms with Crippen molar-refractivity contribution < 1.29 is 9.90 Å². The quantitative estimate of drug-likeness (QED) is 0.847. The van der Waals surface area contributed by atoms with Gasteiger partial charge in [-0.15, -0.1) is 0 Å². The highest BCUT2D eigenvalue weighted by molar-refractivity contribution is 5.95. The molecule has 0 aromatic carbocycles. The zero-order chi connectivity index (χ0) is 16.7. The van der Waals surface area contributed by atoms with E-state index in [1.165, 1.54) is 0 Å². The minimum Gasteiger partial charge on any atom is -0.387 e. The van der Waals surface area contributed by atoms with Gasteiger partial charge in [-0.25, -0.2) is 0 Å². The number of rotatable bonds is 6. The number of aromatic nitrogens is 2. The molecular weight excluding hydrogens is 290 g/mol. The Balaban J connectivity index is 1.72. The van der Waals surface area contributed by atoms with Crippen LogP contribution in [-0.4, -0.2) is 32.9 Å². The number of amides is 1. The van der Waals surface area contributed by atoms with Gasteiger partial charge in [0.2, 0.25) is 0 Å². The molecule has 2 N–H and O–H groups in total. The van der Waals surface area contributed by atoms with E-state index in [1.807, 2.05) is 4.68 Å². The molecular formula is C18H29N3O2. The lowest BCUT2D eigenvalue weighted by Gasteiger charge is -2.36. The van der Waals surface area contributed by atoms with Crippen molar-refractivity contribution in [1.82, 2.24) is 15.1 Å². The van der Waals surface area contributed by atoms with Gasteiger partial charge in [0.15, 0.2) is 0 Å². The summed E-state index contributed by atoms with van der Waals surface area (Å²) in [6, 6.07) is 0. The molecule has 1 atom stereocenters. The first kappa shape index (κ1) is 16.5. The molecule has 2 aliphatic carbocycles. The lowest BCUT2D eigenvalue weighted by atomic mass is 9.78. The summed E-state index contributed by atoms with van der Waals surface area (Å²) in [6.45, 7) is 7.47. The van der Waals surface area contributed by atoms with Gasteiger partial charge in [0.25, 0.3) is 5.91 Å². The number of hydrogen-bond donors (Lipinski definition) is 2. The number of nitrogens with one attached hydrogen (secondary N) is 1. The molecule has 1 heterocycles. The predicted octanol–water partition coefficient (Wildman–Crippen LogP) is 2.84. The number of carbonyl (C=O) groups excluding carboxylic acids is 1. The van der Waals surface area contributed by atoms with Crippen molar-refractivity contribution in [3.8, 4) is 0 Å². The van der Waals surface area contributed by atoms with Crippen molar-refractivity contribution in [2.45, 2.75) is 77.4 Å². The zero-order valence-corrected chi connectivity index (χ0v) is 14.6. The van der Waals surface area contributed by atoms with Gasteiger partial charge in [-0.3, -0.25) is 9.48 Å². The number of aryl methyl sites for hydroxylation is 1. The molecule has 2 aliphatic rings. The molecule has 5 heteroatoms. The van der Waals surface area contributed by atoms with Crippen LogP contribution in [-0.2, 0) is 6.54 Å². The standard InChI is InChI=1S/C18H29N3O2/c1-4-10-21-15(13-6-7-13)14(11-20-21)16(22)19-12-18(23)9-5-8-17(18,2)3/h11,13,23H,4-10,12H2,1-3H3,(H,19,22). The fourth-order valence-electron chi connectivity index (χ4n) is 3.79. The van der Waals surface area contributed by atoms with Crippen LogP contribution in [0.5, 0.6) is 0 Å². The topological polar surface area (TPSA) is 67.2 Å². The average Bonchev–Trinajstić information content (AvgIpc) is 3.19. The second-order valence-corrected chi connectivity index (χ2v) is 7.89. The summed E-state index contributed by atoms with van der Waals surface area (Å²) in [5, 5.41) is 18.2. The molecule has 0 spiro atoms. The number of nitrogens with zero attached hydrogens (tertiary/aromatic N) is 2. The van der Waals surface area contributed by atoms with E-state index in [2.05, 4.69) is 31.2 Å². The van der Waals surface area contributed by atoms with Gasteiger partial charge in [-0.1, -0.05) is 20.8 Å². The summed E-state index contributed by atoms with van der Waals surface area (Å²) >= 11 is 0. The largest absolute Gasteiger partial charge is 0.387 e. The molecule has 2 fully saturated rings. The molecule has 1 aromatic heterocycles. The van der Waals surface area contributed by atoms with Crippen LogP contribution in [0.25, 0.3) is 0 Å². The van der Waals surface area contributed by atoms with E-state index < -0.39 is 5.60 Å². The van der Waals surface area contributed by atoms with E-state index in [-0.39, 0.29) is 11.3 Å². The third-order valence-electron chi connectivity index (χ3n) is 5.72. The molecule has 0 bridgehead atoms. The highest BCUT2D eigenvalue weighted by Crippen LogP contribution is 2.45. The van der Waals surface area contributed by atoms with Crippen LogP contribution in [0.2, 0.25) is 0 Å². The van der Waals surface area contributed by atoms with Crippen molar-refractivity contribution in [3.63, 3.8) is 0 Å². The summed E-state index contributed by atoms with van der Waals surface area (Å²) in [5.74, 6) is 0.390. The molecule has 2 saturated carbocycles. The summed E-state index contributed by atoms with van der Waals surface area (Å²) in [6.07, 6.45) is 7.77. The molecule has 0 radical (unpaired) electrons. The number of aliphatic hydroxyl groups is 1. The Bertz CT molecular complexity index is 589. The normalized spacial score (nSPS) is 26.4. The van der Waals surface area contributed by atoms with E-state index in [4.69, 9.17) is 0 Å². The molecule has 5 nitrogen and oxygen atoms in total. The Hall–Kier alpha value is -1.36. The maximum Gasteiger partial charge on any atom is 0.254 e. The highest BCUT2D eigenvalue weighted by Gasteiger charge is 2.47. The Morgan fingerprint density at radius 1 is 1.43 bits per heavy atom.